The van der Waals surface area contributed by atoms with Crippen LogP contribution in [0.25, 0.3) is 0 Å². The average molecular weight is 293 g/mol. The molecule has 1 aliphatic heterocycles. The van der Waals surface area contributed by atoms with E-state index in [1.165, 1.54) is 6.20 Å². The van der Waals surface area contributed by atoms with Crippen molar-refractivity contribution in [3.8, 4) is 0 Å². The van der Waals surface area contributed by atoms with Crippen LogP contribution < -0.4 is 0 Å². The SMILES string of the molecule is CCc1nc(S(=O)(=O)Cl)cn1CCC1CCCO1. The average Bonchev–Trinajstić information content (AvgIpc) is 2.94. The predicted molar refractivity (Wildman–Crippen MR) is 68.2 cm³/mol. The zero-order valence-electron chi connectivity index (χ0n) is 10.3. The Morgan fingerprint density at radius 1 is 1.61 bits per heavy atom. The van der Waals surface area contributed by atoms with Gasteiger partial charge in [-0.3, -0.25) is 0 Å². The van der Waals surface area contributed by atoms with Crippen LogP contribution in [-0.2, 0) is 26.8 Å². The van der Waals surface area contributed by atoms with Gasteiger partial charge in [0.05, 0.1) is 6.10 Å². The second-order valence-corrected chi connectivity index (χ2v) is 6.92. The maximum Gasteiger partial charge on any atom is 0.280 e. The van der Waals surface area contributed by atoms with E-state index in [1.54, 1.807) is 0 Å². The fourth-order valence-electron chi connectivity index (χ4n) is 2.18. The Hall–Kier alpha value is -0.590. The first-order valence-corrected chi connectivity index (χ1v) is 8.44. The molecular weight excluding hydrogens is 276 g/mol. The van der Waals surface area contributed by atoms with Gasteiger partial charge in [0, 0.05) is 36.5 Å². The van der Waals surface area contributed by atoms with Gasteiger partial charge in [0.25, 0.3) is 9.05 Å². The Bertz CT molecular complexity index is 506. The van der Waals surface area contributed by atoms with Crippen molar-refractivity contribution in [2.45, 2.75) is 50.3 Å². The number of aromatic nitrogens is 2. The van der Waals surface area contributed by atoms with Crippen LogP contribution in [0.4, 0.5) is 0 Å². The van der Waals surface area contributed by atoms with Crippen LogP contribution in [-0.4, -0.2) is 30.7 Å². The van der Waals surface area contributed by atoms with E-state index in [0.29, 0.717) is 13.0 Å². The van der Waals surface area contributed by atoms with Gasteiger partial charge in [0.2, 0.25) is 0 Å². The first kappa shape index (κ1) is 13.8. The van der Waals surface area contributed by atoms with Crippen LogP contribution in [0, 0.1) is 0 Å². The van der Waals surface area contributed by atoms with E-state index in [-0.39, 0.29) is 11.1 Å². The third-order valence-corrected chi connectivity index (χ3v) is 4.29. The molecule has 0 aliphatic carbocycles. The Balaban J connectivity index is 2.08. The van der Waals surface area contributed by atoms with Crippen molar-refractivity contribution in [2.75, 3.05) is 6.61 Å². The predicted octanol–water partition coefficient (Wildman–Crippen LogP) is 1.94. The Morgan fingerprint density at radius 3 is 2.94 bits per heavy atom. The maximum absolute atomic E-state index is 11.2. The molecule has 1 fully saturated rings. The molecule has 0 saturated carbocycles. The van der Waals surface area contributed by atoms with E-state index in [4.69, 9.17) is 15.4 Å². The first-order chi connectivity index (χ1) is 8.50. The monoisotopic (exact) mass is 292 g/mol. The van der Waals surface area contributed by atoms with E-state index in [1.807, 2.05) is 11.5 Å². The maximum atomic E-state index is 11.2. The molecule has 0 radical (unpaired) electrons. The summed E-state index contributed by atoms with van der Waals surface area (Å²) in [6, 6.07) is 0. The van der Waals surface area contributed by atoms with Crippen LogP contribution in [0.15, 0.2) is 11.2 Å². The molecule has 18 heavy (non-hydrogen) atoms. The van der Waals surface area contributed by atoms with Crippen molar-refractivity contribution in [1.82, 2.24) is 9.55 Å². The van der Waals surface area contributed by atoms with Crippen molar-refractivity contribution in [3.63, 3.8) is 0 Å². The summed E-state index contributed by atoms with van der Waals surface area (Å²) in [4.78, 5) is 4.05. The highest BCUT2D eigenvalue weighted by atomic mass is 35.7. The quantitative estimate of drug-likeness (QED) is 0.778. The summed E-state index contributed by atoms with van der Waals surface area (Å²) in [5, 5.41) is -0.0617. The third-order valence-electron chi connectivity index (χ3n) is 3.12. The van der Waals surface area contributed by atoms with Crippen molar-refractivity contribution in [3.05, 3.63) is 12.0 Å². The molecule has 102 valence electrons. The molecule has 0 amide bonds. The van der Waals surface area contributed by atoms with E-state index in [0.717, 1.165) is 31.7 Å². The molecule has 1 aliphatic rings. The number of ether oxygens (including phenoxy) is 1. The summed E-state index contributed by atoms with van der Waals surface area (Å²) in [5.41, 5.74) is 0. The van der Waals surface area contributed by atoms with Gasteiger partial charge in [-0.2, -0.15) is 0 Å². The summed E-state index contributed by atoms with van der Waals surface area (Å²) in [5.74, 6) is 0.743. The van der Waals surface area contributed by atoms with E-state index >= 15 is 0 Å². The molecular formula is C11H17ClN2O3S. The Labute approximate surface area is 112 Å². The summed E-state index contributed by atoms with van der Waals surface area (Å²) < 4.78 is 29.9. The zero-order valence-corrected chi connectivity index (χ0v) is 11.9. The Kier molecular flexibility index (Phi) is 4.29. The molecule has 1 saturated heterocycles. The van der Waals surface area contributed by atoms with E-state index in [9.17, 15) is 8.42 Å². The molecule has 1 unspecified atom stereocenters. The summed E-state index contributed by atoms with van der Waals surface area (Å²) in [6.45, 7) is 3.49. The second kappa shape index (κ2) is 5.59. The molecule has 7 heteroatoms. The van der Waals surface area contributed by atoms with Crippen molar-refractivity contribution >= 4 is 19.7 Å². The summed E-state index contributed by atoms with van der Waals surface area (Å²) in [6.07, 6.45) is 5.54. The van der Waals surface area contributed by atoms with Gasteiger partial charge in [-0.05, 0) is 19.3 Å². The minimum atomic E-state index is -3.74. The van der Waals surface area contributed by atoms with Crippen molar-refractivity contribution in [1.29, 1.82) is 0 Å². The van der Waals surface area contributed by atoms with Gasteiger partial charge in [-0.1, -0.05) is 6.92 Å². The van der Waals surface area contributed by atoms with Crippen LogP contribution in [0.3, 0.4) is 0 Å². The highest BCUT2D eigenvalue weighted by Crippen LogP contribution is 2.19. The topological polar surface area (TPSA) is 61.2 Å². The number of imidazole rings is 1. The van der Waals surface area contributed by atoms with Gasteiger partial charge >= 0.3 is 0 Å². The molecule has 2 heterocycles. The normalized spacial score (nSPS) is 20.4. The molecule has 5 nitrogen and oxygen atoms in total. The van der Waals surface area contributed by atoms with E-state index in [2.05, 4.69) is 4.98 Å². The molecule has 0 spiro atoms. The number of halogens is 1. The zero-order chi connectivity index (χ0) is 13.2. The van der Waals surface area contributed by atoms with Crippen LogP contribution >= 0.6 is 10.7 Å². The van der Waals surface area contributed by atoms with Gasteiger partial charge in [0.15, 0.2) is 5.03 Å². The van der Waals surface area contributed by atoms with Crippen LogP contribution in [0.5, 0.6) is 0 Å². The number of nitrogens with zero attached hydrogens (tertiary/aromatic N) is 2. The standard InChI is InChI=1S/C11H17ClN2O3S/c1-2-10-13-11(18(12,15)16)8-14(10)6-5-9-4-3-7-17-9/h8-9H,2-7H2,1H3. The number of hydrogen-bond acceptors (Lipinski definition) is 4. The summed E-state index contributed by atoms with van der Waals surface area (Å²) in [7, 11) is 1.56. The number of aryl methyl sites for hydroxylation is 2. The third kappa shape index (κ3) is 3.24. The van der Waals surface area contributed by atoms with Crippen molar-refractivity contribution in [2.24, 2.45) is 0 Å². The van der Waals surface area contributed by atoms with Gasteiger partial charge in [-0.25, -0.2) is 13.4 Å². The number of hydrogen-bond donors (Lipinski definition) is 0. The lowest BCUT2D eigenvalue weighted by atomic mass is 10.2. The lowest BCUT2D eigenvalue weighted by Gasteiger charge is -2.10. The van der Waals surface area contributed by atoms with Gasteiger partial charge < -0.3 is 9.30 Å². The molecule has 1 aromatic heterocycles. The highest BCUT2D eigenvalue weighted by Gasteiger charge is 2.19. The smallest absolute Gasteiger partial charge is 0.280 e. The lowest BCUT2D eigenvalue weighted by Crippen LogP contribution is -2.11. The molecule has 0 aromatic carbocycles. The fraction of sp³-hybridized carbons (Fsp3) is 0.727. The molecule has 2 rings (SSSR count). The van der Waals surface area contributed by atoms with Crippen LogP contribution in [0.2, 0.25) is 0 Å². The molecule has 0 bridgehead atoms. The van der Waals surface area contributed by atoms with Gasteiger partial charge in [0.1, 0.15) is 5.82 Å². The second-order valence-electron chi connectivity index (χ2n) is 4.40. The highest BCUT2D eigenvalue weighted by molar-refractivity contribution is 8.13. The van der Waals surface area contributed by atoms with Crippen LogP contribution in [0.1, 0.15) is 32.0 Å². The minimum absolute atomic E-state index is 0.0617. The largest absolute Gasteiger partial charge is 0.378 e. The lowest BCUT2D eigenvalue weighted by molar-refractivity contribution is 0.100. The van der Waals surface area contributed by atoms with E-state index < -0.39 is 9.05 Å². The first-order valence-electron chi connectivity index (χ1n) is 6.13. The minimum Gasteiger partial charge on any atom is -0.378 e. The molecule has 1 atom stereocenters. The number of rotatable bonds is 5. The molecule has 1 aromatic rings. The summed E-state index contributed by atoms with van der Waals surface area (Å²) >= 11 is 0. The molecule has 0 N–H and O–H groups in total. The van der Waals surface area contributed by atoms with Crippen molar-refractivity contribution < 1.29 is 13.2 Å². The van der Waals surface area contributed by atoms with Gasteiger partial charge in [-0.15, -0.1) is 0 Å². The fourth-order valence-corrected chi connectivity index (χ4v) is 2.87. The Morgan fingerprint density at radius 2 is 2.39 bits per heavy atom.